The van der Waals surface area contributed by atoms with Crippen molar-refractivity contribution in [2.24, 2.45) is 0 Å². The minimum Gasteiger partial charge on any atom is -0.478 e. The summed E-state index contributed by atoms with van der Waals surface area (Å²) >= 11 is 2.45. The van der Waals surface area contributed by atoms with Gasteiger partial charge in [-0.25, -0.2) is 9.59 Å². The van der Waals surface area contributed by atoms with Gasteiger partial charge >= 0.3 is 11.9 Å². The molecule has 0 aliphatic rings. The first-order valence-electron chi connectivity index (χ1n) is 10.9. The summed E-state index contributed by atoms with van der Waals surface area (Å²) in [4.78, 5) is 46.3. The number of carbonyl (C=O) groups is 4. The van der Waals surface area contributed by atoms with E-state index in [4.69, 9.17) is 10.2 Å². The summed E-state index contributed by atoms with van der Waals surface area (Å²) in [5.41, 5.74) is 1.73. The third-order valence-electron chi connectivity index (χ3n) is 4.79. The summed E-state index contributed by atoms with van der Waals surface area (Å²) in [7, 11) is 0. The molecule has 196 valence electrons. The summed E-state index contributed by atoms with van der Waals surface area (Å²) < 4.78 is 0. The van der Waals surface area contributed by atoms with E-state index >= 15 is 0 Å². The zero-order valence-electron chi connectivity index (χ0n) is 20.6. The molecule has 14 heteroatoms. The lowest BCUT2D eigenvalue weighted by molar-refractivity contribution is 0.0683. The number of aromatic carboxylic acids is 2. The van der Waals surface area contributed by atoms with Gasteiger partial charge in [0, 0.05) is 0 Å². The molecule has 2 aromatic heterocycles. The Balaban J connectivity index is 0.000000211. The van der Waals surface area contributed by atoms with Crippen molar-refractivity contribution in [2.45, 2.75) is 27.7 Å². The van der Waals surface area contributed by atoms with E-state index in [-0.39, 0.29) is 22.3 Å². The normalized spacial score (nSPS) is 10.2. The fraction of sp³-hybridized carbons (Fsp3) is 0.167. The lowest BCUT2D eigenvalue weighted by atomic mass is 10.0. The van der Waals surface area contributed by atoms with Gasteiger partial charge in [-0.1, -0.05) is 45.9 Å². The van der Waals surface area contributed by atoms with E-state index in [1.54, 1.807) is 39.8 Å². The molecule has 0 bridgehead atoms. The number of nitrogens with one attached hydrogen (secondary N) is 2. The average Bonchev–Trinajstić information content (AvgIpc) is 3.45. The standard InChI is InChI=1S/2C12H11N3O3S/c1-6-3-4-8(11(17)18)9(5-6)10(16)13-12-15-14-7(2)19-12;1-6-3-4-8(9(5-6)11(17)18)10(16)13-12-15-14-7(2)19-12/h2*3-5H,1-2H3,(H,17,18)(H,13,15,16). The van der Waals surface area contributed by atoms with Gasteiger partial charge in [0.15, 0.2) is 0 Å². The first kappa shape index (κ1) is 28.0. The molecule has 0 radical (unpaired) electrons. The highest BCUT2D eigenvalue weighted by Gasteiger charge is 2.19. The highest BCUT2D eigenvalue weighted by molar-refractivity contribution is 7.15. The van der Waals surface area contributed by atoms with Crippen LogP contribution >= 0.6 is 22.7 Å². The van der Waals surface area contributed by atoms with Crippen molar-refractivity contribution in [1.82, 2.24) is 20.4 Å². The number of carboxylic acid groups (broad SMARTS) is 2. The number of hydrogen-bond acceptors (Lipinski definition) is 10. The molecule has 2 heterocycles. The Kier molecular flexibility index (Phi) is 8.94. The van der Waals surface area contributed by atoms with Gasteiger partial charge in [0.2, 0.25) is 10.3 Å². The van der Waals surface area contributed by atoms with E-state index in [0.29, 0.717) is 10.3 Å². The van der Waals surface area contributed by atoms with Crippen LogP contribution in [0, 0.1) is 27.7 Å². The Bertz CT molecular complexity index is 1530. The first-order valence-corrected chi connectivity index (χ1v) is 12.5. The van der Waals surface area contributed by atoms with Crippen LogP contribution in [0.4, 0.5) is 10.3 Å². The van der Waals surface area contributed by atoms with E-state index < -0.39 is 23.8 Å². The number of hydrogen-bond donors (Lipinski definition) is 4. The van der Waals surface area contributed by atoms with Crippen LogP contribution in [0.1, 0.15) is 62.6 Å². The number of anilines is 2. The van der Waals surface area contributed by atoms with E-state index in [9.17, 15) is 19.2 Å². The fourth-order valence-electron chi connectivity index (χ4n) is 3.09. The van der Waals surface area contributed by atoms with Crippen molar-refractivity contribution < 1.29 is 29.4 Å². The smallest absolute Gasteiger partial charge is 0.336 e. The van der Waals surface area contributed by atoms with E-state index in [1.165, 1.54) is 46.9 Å². The third kappa shape index (κ3) is 7.24. The number of rotatable bonds is 6. The second-order valence-electron chi connectivity index (χ2n) is 7.87. The quantitative estimate of drug-likeness (QED) is 0.269. The van der Waals surface area contributed by atoms with Crippen molar-refractivity contribution in [2.75, 3.05) is 10.6 Å². The molecule has 2 amide bonds. The Morgan fingerprint density at radius 2 is 1.03 bits per heavy atom. The van der Waals surface area contributed by atoms with Crippen LogP contribution in [-0.2, 0) is 0 Å². The molecule has 0 saturated heterocycles. The van der Waals surface area contributed by atoms with Gasteiger partial charge in [-0.2, -0.15) is 0 Å². The molecule has 0 atom stereocenters. The maximum Gasteiger partial charge on any atom is 0.336 e. The predicted octanol–water partition coefficient (Wildman–Crippen LogP) is 4.21. The number of benzene rings is 2. The molecule has 2 aromatic carbocycles. The molecule has 4 aromatic rings. The summed E-state index contributed by atoms with van der Waals surface area (Å²) in [6.45, 7) is 7.09. The molecule has 4 rings (SSSR count). The molecule has 0 fully saturated rings. The van der Waals surface area contributed by atoms with Crippen molar-refractivity contribution in [3.63, 3.8) is 0 Å². The zero-order valence-corrected chi connectivity index (χ0v) is 22.2. The molecule has 0 spiro atoms. The van der Waals surface area contributed by atoms with Crippen molar-refractivity contribution in [1.29, 1.82) is 0 Å². The molecule has 12 nitrogen and oxygen atoms in total. The molecule has 0 unspecified atom stereocenters. The molecule has 0 aliphatic carbocycles. The number of nitrogens with zero attached hydrogens (tertiary/aromatic N) is 4. The molecule has 38 heavy (non-hydrogen) atoms. The van der Waals surface area contributed by atoms with Crippen molar-refractivity contribution in [3.8, 4) is 0 Å². The van der Waals surface area contributed by atoms with Crippen molar-refractivity contribution >= 4 is 56.7 Å². The molecular formula is C24H22N6O6S2. The highest BCUT2D eigenvalue weighted by atomic mass is 32.1. The van der Waals surface area contributed by atoms with Gasteiger partial charge in [0.25, 0.3) is 11.8 Å². The number of carbonyl (C=O) groups excluding carboxylic acids is 2. The van der Waals surface area contributed by atoms with Gasteiger partial charge < -0.3 is 10.2 Å². The molecular weight excluding hydrogens is 532 g/mol. The van der Waals surface area contributed by atoms with E-state index in [1.807, 2.05) is 0 Å². The lowest BCUT2D eigenvalue weighted by Crippen LogP contribution is -2.16. The topological polar surface area (TPSA) is 184 Å². The third-order valence-corrected chi connectivity index (χ3v) is 6.30. The number of aromatic nitrogens is 4. The summed E-state index contributed by atoms with van der Waals surface area (Å²) in [6, 6.07) is 9.23. The Hall–Kier alpha value is -4.56. The maximum absolute atomic E-state index is 12.1. The van der Waals surface area contributed by atoms with Crippen LogP contribution in [-0.4, -0.2) is 54.4 Å². The van der Waals surface area contributed by atoms with Crippen LogP contribution in [0.15, 0.2) is 36.4 Å². The summed E-state index contributed by atoms with van der Waals surface area (Å²) in [5, 5.41) is 40.5. The Morgan fingerprint density at radius 3 is 1.45 bits per heavy atom. The Labute approximate surface area is 224 Å². The maximum atomic E-state index is 12.1. The second-order valence-corrected chi connectivity index (χ2v) is 10.2. The minimum absolute atomic E-state index is 0.0289. The fourth-order valence-corrected chi connectivity index (χ4v) is 4.26. The van der Waals surface area contributed by atoms with Crippen LogP contribution in [0.2, 0.25) is 0 Å². The predicted molar refractivity (Wildman–Crippen MR) is 141 cm³/mol. The van der Waals surface area contributed by atoms with Crippen LogP contribution in [0.5, 0.6) is 0 Å². The van der Waals surface area contributed by atoms with E-state index in [0.717, 1.165) is 21.1 Å². The summed E-state index contributed by atoms with van der Waals surface area (Å²) in [5.74, 6) is -3.29. The molecule has 0 saturated carbocycles. The minimum atomic E-state index is -1.14. The number of carboxylic acids is 2. The van der Waals surface area contributed by atoms with Gasteiger partial charge in [-0.3, -0.25) is 20.2 Å². The SMILES string of the molecule is Cc1ccc(C(=O)Nc2nnc(C)s2)c(C(=O)O)c1.Cc1ccc(C(=O)O)c(C(=O)Nc2nnc(C)s2)c1. The van der Waals surface area contributed by atoms with Gasteiger partial charge in [-0.15, -0.1) is 20.4 Å². The lowest BCUT2D eigenvalue weighted by Gasteiger charge is -2.06. The van der Waals surface area contributed by atoms with Crippen LogP contribution in [0.3, 0.4) is 0 Å². The molecule has 4 N–H and O–H groups in total. The first-order chi connectivity index (χ1) is 17.9. The second kappa shape index (κ2) is 12.1. The number of amides is 2. The zero-order chi connectivity index (χ0) is 28.0. The van der Waals surface area contributed by atoms with Crippen molar-refractivity contribution in [3.05, 3.63) is 79.8 Å². The van der Waals surface area contributed by atoms with E-state index in [2.05, 4.69) is 31.0 Å². The monoisotopic (exact) mass is 554 g/mol. The molecule has 0 aliphatic heterocycles. The summed E-state index contributed by atoms with van der Waals surface area (Å²) in [6.07, 6.45) is 0. The Morgan fingerprint density at radius 1 is 0.605 bits per heavy atom. The van der Waals surface area contributed by atoms with Gasteiger partial charge in [0.05, 0.1) is 22.3 Å². The van der Waals surface area contributed by atoms with Gasteiger partial charge in [-0.05, 0) is 52.0 Å². The van der Waals surface area contributed by atoms with Crippen LogP contribution < -0.4 is 10.6 Å². The number of aryl methyl sites for hydroxylation is 4. The van der Waals surface area contributed by atoms with Gasteiger partial charge in [0.1, 0.15) is 10.0 Å². The van der Waals surface area contributed by atoms with Crippen LogP contribution in [0.25, 0.3) is 0 Å². The largest absolute Gasteiger partial charge is 0.478 e. The highest BCUT2D eigenvalue weighted by Crippen LogP contribution is 2.19. The average molecular weight is 555 g/mol.